The molecule has 0 fully saturated rings. The van der Waals surface area contributed by atoms with Gasteiger partial charge in [0, 0.05) is 32.5 Å². The van der Waals surface area contributed by atoms with Gasteiger partial charge in [-0.1, -0.05) is 36.2 Å². The van der Waals surface area contributed by atoms with Crippen LogP contribution in [0.5, 0.6) is 0 Å². The number of aromatic nitrogens is 2. The van der Waals surface area contributed by atoms with Gasteiger partial charge in [0.15, 0.2) is 0 Å². The predicted octanol–water partition coefficient (Wildman–Crippen LogP) is 7.31. The number of hydrogen-bond donors (Lipinski definition) is 1. The zero-order valence-electron chi connectivity index (χ0n) is 16.6. The van der Waals surface area contributed by atoms with Crippen molar-refractivity contribution in [1.82, 2.24) is 9.97 Å². The summed E-state index contributed by atoms with van der Waals surface area (Å²) in [7, 11) is 0. The number of rotatable bonds is 5. The van der Waals surface area contributed by atoms with E-state index in [9.17, 15) is 0 Å². The Morgan fingerprint density at radius 1 is 1.10 bits per heavy atom. The Bertz CT molecular complexity index is 1230. The molecule has 5 rings (SSSR count). The van der Waals surface area contributed by atoms with Crippen molar-refractivity contribution >= 4 is 50.6 Å². The molecule has 0 atom stereocenters. The van der Waals surface area contributed by atoms with Gasteiger partial charge >= 0.3 is 0 Å². The second-order valence-electron chi connectivity index (χ2n) is 7.49. The highest BCUT2D eigenvalue weighted by Gasteiger charge is 2.20. The maximum absolute atomic E-state index is 6.44. The summed E-state index contributed by atoms with van der Waals surface area (Å²) in [6, 6.07) is 7.62. The number of halogens is 2. The number of nitrogens with zero attached hydrogens (tertiary/aromatic N) is 2. The molecule has 154 valence electrons. The van der Waals surface area contributed by atoms with Crippen molar-refractivity contribution in [2.45, 2.75) is 45.6 Å². The largest absolute Gasteiger partial charge is 0.464 e. The Morgan fingerprint density at radius 3 is 2.80 bits per heavy atom. The normalized spacial score (nSPS) is 13.6. The molecule has 1 N–H and O–H groups in total. The van der Waals surface area contributed by atoms with Gasteiger partial charge < -0.3 is 9.73 Å². The van der Waals surface area contributed by atoms with Crippen LogP contribution in [-0.2, 0) is 25.8 Å². The lowest BCUT2D eigenvalue weighted by Crippen LogP contribution is -2.04. The van der Waals surface area contributed by atoms with Crippen LogP contribution in [0, 0.1) is 0 Å². The average Bonchev–Trinajstić information content (AvgIpc) is 3.33. The van der Waals surface area contributed by atoms with Crippen molar-refractivity contribution in [2.75, 3.05) is 5.32 Å². The molecule has 1 aliphatic carbocycles. The Hall–Kier alpha value is -2.08. The minimum atomic E-state index is 0.551. The third kappa shape index (κ3) is 3.59. The summed E-state index contributed by atoms with van der Waals surface area (Å²) >= 11 is 14.3. The van der Waals surface area contributed by atoms with E-state index in [2.05, 4.69) is 28.3 Å². The molecule has 0 saturated heterocycles. The molecular weight excluding hydrogens is 437 g/mol. The molecule has 0 unspecified atom stereocenters. The quantitative estimate of drug-likeness (QED) is 0.341. The molecule has 0 saturated carbocycles. The molecule has 1 aliphatic rings. The SMILES string of the molecule is CCc1oc(CNc2ncnc3sc4c(c23)CCCC4)cc1-c1ccc(Cl)cc1Cl. The lowest BCUT2D eigenvalue weighted by atomic mass is 9.97. The van der Waals surface area contributed by atoms with Crippen LogP contribution in [0.15, 0.2) is 35.0 Å². The first-order valence-corrected chi connectivity index (χ1v) is 11.8. The number of aryl methyl sites for hydroxylation is 3. The van der Waals surface area contributed by atoms with Crippen LogP contribution in [-0.4, -0.2) is 9.97 Å². The van der Waals surface area contributed by atoms with Gasteiger partial charge in [-0.3, -0.25) is 0 Å². The Balaban J connectivity index is 1.45. The number of benzene rings is 1. The third-order valence-electron chi connectivity index (χ3n) is 5.58. The second kappa shape index (κ2) is 8.22. The van der Waals surface area contributed by atoms with Gasteiger partial charge in [0.05, 0.1) is 11.9 Å². The van der Waals surface area contributed by atoms with E-state index in [0.29, 0.717) is 16.6 Å². The molecule has 3 heterocycles. The maximum Gasteiger partial charge on any atom is 0.138 e. The Kier molecular flexibility index (Phi) is 5.44. The molecule has 0 spiro atoms. The fourth-order valence-corrected chi connectivity index (χ4v) is 5.90. The molecule has 0 bridgehead atoms. The first-order chi connectivity index (χ1) is 14.6. The fourth-order valence-electron chi connectivity index (χ4n) is 4.16. The highest BCUT2D eigenvalue weighted by atomic mass is 35.5. The van der Waals surface area contributed by atoms with E-state index in [1.54, 1.807) is 23.7 Å². The zero-order chi connectivity index (χ0) is 20.7. The van der Waals surface area contributed by atoms with Crippen LogP contribution >= 0.6 is 34.5 Å². The molecule has 3 aromatic heterocycles. The lowest BCUT2D eigenvalue weighted by molar-refractivity contribution is 0.476. The first kappa shape index (κ1) is 19.9. The second-order valence-corrected chi connectivity index (χ2v) is 9.42. The molecule has 0 radical (unpaired) electrons. The van der Waals surface area contributed by atoms with Crippen LogP contribution in [0.4, 0.5) is 5.82 Å². The standard InChI is InChI=1S/C23H21Cl2N3OS/c1-2-19-17(15-8-7-13(24)9-18(15)25)10-14(29-19)11-26-22-21-16-5-3-4-6-20(16)30-23(21)28-12-27-22/h7-10,12H,2-6,11H2,1H3,(H,26,27,28). The molecule has 30 heavy (non-hydrogen) atoms. The Labute approximate surface area is 189 Å². The highest BCUT2D eigenvalue weighted by molar-refractivity contribution is 7.19. The summed E-state index contributed by atoms with van der Waals surface area (Å²) < 4.78 is 6.14. The van der Waals surface area contributed by atoms with Gasteiger partial charge in [0.1, 0.15) is 28.5 Å². The van der Waals surface area contributed by atoms with E-state index in [0.717, 1.165) is 52.6 Å². The van der Waals surface area contributed by atoms with Crippen molar-refractivity contribution < 1.29 is 4.42 Å². The number of nitrogens with one attached hydrogen (secondary N) is 1. The summed E-state index contributed by atoms with van der Waals surface area (Å²) in [5.74, 6) is 2.65. The summed E-state index contributed by atoms with van der Waals surface area (Å²) in [6.45, 7) is 2.63. The van der Waals surface area contributed by atoms with E-state index >= 15 is 0 Å². The minimum Gasteiger partial charge on any atom is -0.464 e. The van der Waals surface area contributed by atoms with Crippen molar-refractivity contribution in [3.8, 4) is 11.1 Å². The van der Waals surface area contributed by atoms with Gasteiger partial charge in [-0.2, -0.15) is 0 Å². The van der Waals surface area contributed by atoms with Crippen molar-refractivity contribution in [1.29, 1.82) is 0 Å². The summed E-state index contributed by atoms with van der Waals surface area (Å²) in [5, 5.41) is 5.92. The van der Waals surface area contributed by atoms with Gasteiger partial charge in [-0.05, 0) is 49.4 Å². The topological polar surface area (TPSA) is 51.0 Å². The van der Waals surface area contributed by atoms with Crippen LogP contribution in [0.25, 0.3) is 21.3 Å². The molecule has 1 aromatic carbocycles. The molecule has 4 aromatic rings. The molecule has 4 nitrogen and oxygen atoms in total. The molecular formula is C23H21Cl2N3OS. The average molecular weight is 458 g/mol. The van der Waals surface area contributed by atoms with Crippen LogP contribution in [0.2, 0.25) is 10.0 Å². The van der Waals surface area contributed by atoms with Gasteiger partial charge in [0.25, 0.3) is 0 Å². The third-order valence-corrected chi connectivity index (χ3v) is 7.33. The number of hydrogen-bond acceptors (Lipinski definition) is 5. The number of thiophene rings is 1. The lowest BCUT2D eigenvalue weighted by Gasteiger charge is -2.12. The van der Waals surface area contributed by atoms with Crippen LogP contribution in [0.3, 0.4) is 0 Å². The molecule has 7 heteroatoms. The predicted molar refractivity (Wildman–Crippen MR) is 125 cm³/mol. The van der Waals surface area contributed by atoms with E-state index in [1.807, 2.05) is 12.1 Å². The minimum absolute atomic E-state index is 0.551. The number of anilines is 1. The van der Waals surface area contributed by atoms with Crippen LogP contribution in [0.1, 0.15) is 41.7 Å². The molecule has 0 aliphatic heterocycles. The summed E-state index contributed by atoms with van der Waals surface area (Å²) in [4.78, 5) is 11.6. The number of furan rings is 1. The summed E-state index contributed by atoms with van der Waals surface area (Å²) in [5.41, 5.74) is 3.37. The monoisotopic (exact) mass is 457 g/mol. The van der Waals surface area contributed by atoms with Crippen molar-refractivity contribution in [3.05, 3.63) is 62.6 Å². The fraction of sp³-hybridized carbons (Fsp3) is 0.304. The highest BCUT2D eigenvalue weighted by Crippen LogP contribution is 2.39. The van der Waals surface area contributed by atoms with E-state index in [4.69, 9.17) is 27.6 Å². The Morgan fingerprint density at radius 2 is 1.97 bits per heavy atom. The smallest absolute Gasteiger partial charge is 0.138 e. The van der Waals surface area contributed by atoms with Crippen molar-refractivity contribution in [3.63, 3.8) is 0 Å². The maximum atomic E-state index is 6.44. The van der Waals surface area contributed by atoms with E-state index in [-0.39, 0.29) is 0 Å². The zero-order valence-corrected chi connectivity index (χ0v) is 18.9. The van der Waals surface area contributed by atoms with Crippen molar-refractivity contribution in [2.24, 2.45) is 0 Å². The summed E-state index contributed by atoms with van der Waals surface area (Å²) in [6.07, 6.45) is 7.18. The van der Waals surface area contributed by atoms with E-state index in [1.165, 1.54) is 28.7 Å². The van der Waals surface area contributed by atoms with Gasteiger partial charge in [-0.25, -0.2) is 9.97 Å². The first-order valence-electron chi connectivity index (χ1n) is 10.2. The van der Waals surface area contributed by atoms with Crippen LogP contribution < -0.4 is 5.32 Å². The van der Waals surface area contributed by atoms with E-state index < -0.39 is 0 Å². The van der Waals surface area contributed by atoms with Gasteiger partial charge in [0.2, 0.25) is 0 Å². The number of fused-ring (bicyclic) bond motifs is 3. The molecule has 0 amide bonds. The van der Waals surface area contributed by atoms with Gasteiger partial charge in [-0.15, -0.1) is 11.3 Å².